The molecule has 2 rings (SSSR count). The molecule has 6 heteroatoms. The molecule has 0 aliphatic carbocycles. The van der Waals surface area contributed by atoms with Crippen LogP contribution in [0.5, 0.6) is 0 Å². The third-order valence-corrected chi connectivity index (χ3v) is 3.67. The van der Waals surface area contributed by atoms with E-state index in [0.717, 1.165) is 4.47 Å². The van der Waals surface area contributed by atoms with Gasteiger partial charge in [0, 0.05) is 23.1 Å². The van der Waals surface area contributed by atoms with Crippen LogP contribution in [0.15, 0.2) is 33.8 Å². The van der Waals surface area contributed by atoms with E-state index < -0.39 is 10.2 Å². The summed E-state index contributed by atoms with van der Waals surface area (Å²) in [4.78, 5) is -0.290. The van der Waals surface area contributed by atoms with E-state index in [0.29, 0.717) is 10.9 Å². The molecule has 0 bridgehead atoms. The lowest BCUT2D eigenvalue weighted by atomic mass is 10.2. The average molecular weight is 292 g/mol. The highest BCUT2D eigenvalue weighted by molar-refractivity contribution is 9.10. The first kappa shape index (κ1) is 10.6. The lowest BCUT2D eigenvalue weighted by Crippen LogP contribution is -1.89. The SMILES string of the molecule is Cn1cc(S(=O)(=O)F)c2cccc(Br)c21. The highest BCUT2D eigenvalue weighted by atomic mass is 79.9. The van der Waals surface area contributed by atoms with E-state index in [-0.39, 0.29) is 4.90 Å². The van der Waals surface area contributed by atoms with Crippen LogP contribution in [0.25, 0.3) is 10.9 Å². The maximum absolute atomic E-state index is 12.9. The third kappa shape index (κ3) is 1.68. The fraction of sp³-hybridized carbons (Fsp3) is 0.111. The van der Waals surface area contributed by atoms with Crippen LogP contribution < -0.4 is 0 Å². The second-order valence-corrected chi connectivity index (χ2v) is 5.35. The second kappa shape index (κ2) is 3.31. The first-order valence-corrected chi connectivity index (χ1v) is 6.27. The molecule has 0 unspecified atom stereocenters. The zero-order valence-corrected chi connectivity index (χ0v) is 10.1. The molecule has 1 aromatic carbocycles. The molecule has 0 aliphatic rings. The first-order valence-electron chi connectivity index (χ1n) is 4.09. The molecular weight excluding hydrogens is 285 g/mol. The van der Waals surface area contributed by atoms with Gasteiger partial charge in [0.15, 0.2) is 0 Å². The van der Waals surface area contributed by atoms with Crippen molar-refractivity contribution in [1.82, 2.24) is 4.57 Å². The number of hydrogen-bond acceptors (Lipinski definition) is 2. The van der Waals surface area contributed by atoms with Gasteiger partial charge in [0.2, 0.25) is 0 Å². The van der Waals surface area contributed by atoms with Crippen molar-refractivity contribution in [2.75, 3.05) is 0 Å². The predicted molar refractivity (Wildman–Crippen MR) is 58.9 cm³/mol. The Morgan fingerprint density at radius 3 is 2.67 bits per heavy atom. The van der Waals surface area contributed by atoms with E-state index in [4.69, 9.17) is 0 Å². The summed E-state index contributed by atoms with van der Waals surface area (Å²) in [5, 5.41) is 0.384. The summed E-state index contributed by atoms with van der Waals surface area (Å²) in [5.74, 6) is 0. The Labute approximate surface area is 94.9 Å². The van der Waals surface area contributed by atoms with Crippen molar-refractivity contribution >= 4 is 37.1 Å². The minimum atomic E-state index is -4.67. The molecule has 0 saturated carbocycles. The Morgan fingerprint density at radius 1 is 1.40 bits per heavy atom. The van der Waals surface area contributed by atoms with Crippen LogP contribution in [-0.2, 0) is 17.3 Å². The van der Waals surface area contributed by atoms with Crippen molar-refractivity contribution < 1.29 is 12.3 Å². The van der Waals surface area contributed by atoms with Crippen molar-refractivity contribution in [3.63, 3.8) is 0 Å². The summed E-state index contributed by atoms with van der Waals surface area (Å²) in [7, 11) is -3.00. The van der Waals surface area contributed by atoms with Crippen molar-refractivity contribution in [3.8, 4) is 0 Å². The monoisotopic (exact) mass is 291 g/mol. The molecule has 2 aromatic rings. The molecule has 0 N–H and O–H groups in total. The van der Waals surface area contributed by atoms with Crippen LogP contribution in [0, 0.1) is 0 Å². The number of para-hydroxylation sites is 1. The Kier molecular flexibility index (Phi) is 2.35. The van der Waals surface area contributed by atoms with Gasteiger partial charge >= 0.3 is 10.2 Å². The molecule has 0 amide bonds. The highest BCUT2D eigenvalue weighted by Gasteiger charge is 2.19. The molecule has 80 valence electrons. The zero-order valence-electron chi connectivity index (χ0n) is 7.74. The average Bonchev–Trinajstić information content (AvgIpc) is 2.44. The van der Waals surface area contributed by atoms with Crippen LogP contribution in [0.3, 0.4) is 0 Å². The maximum atomic E-state index is 12.9. The van der Waals surface area contributed by atoms with Gasteiger partial charge in [-0.15, -0.1) is 3.89 Å². The van der Waals surface area contributed by atoms with Crippen LogP contribution in [0.4, 0.5) is 3.89 Å². The fourth-order valence-electron chi connectivity index (χ4n) is 1.58. The van der Waals surface area contributed by atoms with Gasteiger partial charge in [0.25, 0.3) is 0 Å². The summed E-state index contributed by atoms with van der Waals surface area (Å²) in [6, 6.07) is 5.02. The van der Waals surface area contributed by atoms with Crippen molar-refractivity contribution in [1.29, 1.82) is 0 Å². The molecule has 0 atom stereocenters. The number of rotatable bonds is 1. The number of halogens is 2. The van der Waals surface area contributed by atoms with Crippen LogP contribution >= 0.6 is 15.9 Å². The lowest BCUT2D eigenvalue weighted by Gasteiger charge is -1.97. The summed E-state index contributed by atoms with van der Waals surface area (Å²) in [6.45, 7) is 0. The van der Waals surface area contributed by atoms with Gasteiger partial charge in [-0.2, -0.15) is 8.42 Å². The van der Waals surface area contributed by atoms with Gasteiger partial charge < -0.3 is 4.57 Å². The normalized spacial score (nSPS) is 12.2. The number of fused-ring (bicyclic) bond motifs is 1. The number of aryl methyl sites for hydroxylation is 1. The Bertz CT molecular complexity index is 633. The van der Waals surface area contributed by atoms with Gasteiger partial charge in [-0.3, -0.25) is 0 Å². The fourth-order valence-corrected chi connectivity index (χ4v) is 2.93. The topological polar surface area (TPSA) is 39.1 Å². The lowest BCUT2D eigenvalue weighted by molar-refractivity contribution is 0.553. The molecule has 15 heavy (non-hydrogen) atoms. The summed E-state index contributed by atoms with van der Waals surface area (Å²) in [5.41, 5.74) is 0.661. The van der Waals surface area contributed by atoms with Gasteiger partial charge in [-0.05, 0) is 22.0 Å². The van der Waals surface area contributed by atoms with Crippen molar-refractivity contribution in [3.05, 3.63) is 28.9 Å². The van der Waals surface area contributed by atoms with Gasteiger partial charge in [-0.25, -0.2) is 0 Å². The maximum Gasteiger partial charge on any atom is 0.334 e. The van der Waals surface area contributed by atoms with Crippen molar-refractivity contribution in [2.24, 2.45) is 7.05 Å². The Balaban J connectivity index is 2.98. The number of nitrogens with zero attached hydrogens (tertiary/aromatic N) is 1. The Hall–Kier alpha value is -0.880. The molecule has 1 aromatic heterocycles. The molecule has 0 aliphatic heterocycles. The zero-order chi connectivity index (χ0) is 11.2. The minimum Gasteiger partial charge on any atom is -0.348 e. The Morgan fingerprint density at radius 2 is 2.07 bits per heavy atom. The number of benzene rings is 1. The van der Waals surface area contributed by atoms with Gasteiger partial charge in [0.05, 0.1) is 5.52 Å². The molecule has 0 spiro atoms. The standard InChI is InChI=1S/C9H7BrFNO2S/c1-12-5-8(15(11,13)14)6-3-2-4-7(10)9(6)12/h2-5H,1H3. The van der Waals surface area contributed by atoms with Gasteiger partial charge in [0.1, 0.15) is 4.90 Å². The number of hydrogen-bond donors (Lipinski definition) is 0. The second-order valence-electron chi connectivity index (χ2n) is 3.18. The molecule has 0 fully saturated rings. The van der Waals surface area contributed by atoms with E-state index in [1.165, 1.54) is 6.20 Å². The number of aromatic nitrogens is 1. The quantitative estimate of drug-likeness (QED) is 0.758. The molecule has 1 heterocycles. The molecule has 0 radical (unpaired) electrons. The van der Waals surface area contributed by atoms with E-state index in [2.05, 4.69) is 15.9 Å². The van der Waals surface area contributed by atoms with Crippen LogP contribution in [-0.4, -0.2) is 13.0 Å². The molecule has 0 saturated heterocycles. The van der Waals surface area contributed by atoms with Crippen LogP contribution in [0.1, 0.15) is 0 Å². The first-order chi connectivity index (χ1) is 6.91. The minimum absolute atomic E-state index is 0.290. The summed E-state index contributed by atoms with van der Waals surface area (Å²) in [6.07, 6.45) is 1.27. The largest absolute Gasteiger partial charge is 0.348 e. The van der Waals surface area contributed by atoms with Gasteiger partial charge in [-0.1, -0.05) is 12.1 Å². The molecular formula is C9H7BrFNO2S. The highest BCUT2D eigenvalue weighted by Crippen LogP contribution is 2.30. The predicted octanol–water partition coefficient (Wildman–Crippen LogP) is 2.60. The smallest absolute Gasteiger partial charge is 0.334 e. The third-order valence-electron chi connectivity index (χ3n) is 2.18. The van der Waals surface area contributed by atoms with E-state index >= 15 is 0 Å². The van der Waals surface area contributed by atoms with E-state index in [1.54, 1.807) is 29.8 Å². The summed E-state index contributed by atoms with van der Waals surface area (Å²) >= 11 is 3.29. The van der Waals surface area contributed by atoms with Crippen LogP contribution in [0.2, 0.25) is 0 Å². The van der Waals surface area contributed by atoms with E-state index in [9.17, 15) is 12.3 Å². The molecule has 3 nitrogen and oxygen atoms in total. The van der Waals surface area contributed by atoms with E-state index in [1.807, 2.05) is 0 Å². The van der Waals surface area contributed by atoms with Crippen molar-refractivity contribution in [2.45, 2.75) is 4.90 Å². The summed E-state index contributed by atoms with van der Waals surface area (Å²) < 4.78 is 37.0.